The van der Waals surface area contributed by atoms with Crippen molar-refractivity contribution in [2.45, 2.75) is 0 Å². The summed E-state index contributed by atoms with van der Waals surface area (Å²) in [6.45, 7) is 6.19. The molecule has 7 heteroatoms. The van der Waals surface area contributed by atoms with Gasteiger partial charge in [0.1, 0.15) is 0 Å². The van der Waals surface area contributed by atoms with Gasteiger partial charge in [-0.25, -0.2) is 4.98 Å². The Morgan fingerprint density at radius 1 is 1.25 bits per heavy atom. The van der Waals surface area contributed by atoms with E-state index < -0.39 is 0 Å². The van der Waals surface area contributed by atoms with Gasteiger partial charge in [-0.05, 0) is 18.2 Å². The summed E-state index contributed by atoms with van der Waals surface area (Å²) in [7, 11) is 0. The number of anilines is 1. The fourth-order valence-electron chi connectivity index (χ4n) is 2.85. The van der Waals surface area contributed by atoms with Gasteiger partial charge in [-0.15, -0.1) is 0 Å². The van der Waals surface area contributed by atoms with E-state index in [0.29, 0.717) is 0 Å². The molecule has 0 radical (unpaired) electrons. The molecule has 0 aliphatic carbocycles. The summed E-state index contributed by atoms with van der Waals surface area (Å²) in [4.78, 5) is 14.1. The van der Waals surface area contributed by atoms with Crippen LogP contribution < -0.4 is 10.2 Å². The Balaban J connectivity index is 1.48. The maximum absolute atomic E-state index is 5.39. The summed E-state index contributed by atoms with van der Waals surface area (Å²) in [5.41, 5.74) is 1.04. The lowest BCUT2D eigenvalue weighted by Crippen LogP contribution is -2.43. The second-order valence-electron chi connectivity index (χ2n) is 5.78. The van der Waals surface area contributed by atoms with Gasteiger partial charge in [0, 0.05) is 32.4 Å². The van der Waals surface area contributed by atoms with E-state index in [4.69, 9.17) is 14.7 Å². The van der Waals surface area contributed by atoms with E-state index in [-0.39, 0.29) is 0 Å². The molecule has 0 amide bonds. The van der Waals surface area contributed by atoms with E-state index in [2.05, 4.69) is 39.4 Å². The standard InChI is InChI=1S/C17H21N5OS/c1-2-5-15-14(4-1)20-17(24-15)22-8-3-6-18-16(22)19-7-9-21-10-12-23-13-11-21/h1-6H,7-13H2,(H,18,19). The molecule has 0 unspecified atom stereocenters. The predicted octanol–water partition coefficient (Wildman–Crippen LogP) is 1.91. The number of morpholine rings is 1. The molecule has 4 rings (SSSR count). The number of aromatic nitrogens is 1. The molecule has 1 aromatic heterocycles. The molecule has 1 aromatic carbocycles. The van der Waals surface area contributed by atoms with Crippen molar-refractivity contribution in [3.63, 3.8) is 0 Å². The Kier molecular flexibility index (Phi) is 4.73. The molecular formula is C17H21N5OS. The summed E-state index contributed by atoms with van der Waals surface area (Å²) in [5.74, 6) is 0.879. The highest BCUT2D eigenvalue weighted by atomic mass is 32.1. The van der Waals surface area contributed by atoms with Crippen molar-refractivity contribution >= 4 is 32.6 Å². The Morgan fingerprint density at radius 2 is 2.12 bits per heavy atom. The molecule has 6 nitrogen and oxygen atoms in total. The SMILES string of the molecule is C1=CNC(=NCCN2CCOCC2)N(c2nc3ccccc3s2)C1. The quantitative estimate of drug-likeness (QED) is 0.919. The largest absolute Gasteiger partial charge is 0.379 e. The Labute approximate surface area is 145 Å². The Hall–Kier alpha value is -1.96. The third-order valence-electron chi connectivity index (χ3n) is 4.17. The minimum atomic E-state index is 0.775. The third-order valence-corrected chi connectivity index (χ3v) is 5.23. The molecule has 2 aliphatic heterocycles. The van der Waals surface area contributed by atoms with Gasteiger partial charge < -0.3 is 10.1 Å². The molecular weight excluding hydrogens is 322 g/mol. The van der Waals surface area contributed by atoms with Gasteiger partial charge in [0.2, 0.25) is 5.96 Å². The Morgan fingerprint density at radius 3 is 3.00 bits per heavy atom. The highest BCUT2D eigenvalue weighted by Gasteiger charge is 2.19. The number of guanidine groups is 1. The van der Waals surface area contributed by atoms with Crippen molar-refractivity contribution in [1.29, 1.82) is 0 Å². The van der Waals surface area contributed by atoms with E-state index in [1.165, 1.54) is 4.70 Å². The zero-order chi connectivity index (χ0) is 16.2. The lowest BCUT2D eigenvalue weighted by atomic mass is 10.3. The molecule has 126 valence electrons. The van der Waals surface area contributed by atoms with E-state index in [1.807, 2.05) is 12.3 Å². The maximum atomic E-state index is 5.39. The van der Waals surface area contributed by atoms with E-state index in [9.17, 15) is 0 Å². The van der Waals surface area contributed by atoms with Gasteiger partial charge in [-0.3, -0.25) is 14.8 Å². The number of benzene rings is 1. The smallest absolute Gasteiger partial charge is 0.204 e. The van der Waals surface area contributed by atoms with Crippen LogP contribution in [0, 0.1) is 0 Å². The monoisotopic (exact) mass is 343 g/mol. The lowest BCUT2D eigenvalue weighted by molar-refractivity contribution is 0.0394. The first kappa shape index (κ1) is 15.6. The van der Waals surface area contributed by atoms with Crippen molar-refractivity contribution in [3.05, 3.63) is 36.5 Å². The molecule has 1 N–H and O–H groups in total. The van der Waals surface area contributed by atoms with Crippen LogP contribution in [0.5, 0.6) is 0 Å². The van der Waals surface area contributed by atoms with Crippen molar-refractivity contribution in [3.8, 4) is 0 Å². The molecule has 2 aromatic rings. The number of thiazole rings is 1. The number of fused-ring (bicyclic) bond motifs is 1. The fraction of sp³-hybridized carbons (Fsp3) is 0.412. The van der Waals surface area contributed by atoms with Crippen LogP contribution in [0.4, 0.5) is 5.13 Å². The fourth-order valence-corrected chi connectivity index (χ4v) is 3.83. The average Bonchev–Trinajstić information content (AvgIpc) is 3.07. The van der Waals surface area contributed by atoms with Crippen LogP contribution in [0.1, 0.15) is 0 Å². The van der Waals surface area contributed by atoms with Crippen molar-refractivity contribution in [2.75, 3.05) is 50.8 Å². The van der Waals surface area contributed by atoms with Crippen LogP contribution in [0.2, 0.25) is 0 Å². The maximum Gasteiger partial charge on any atom is 0.204 e. The normalized spacial score (nSPS) is 20.7. The molecule has 3 heterocycles. The summed E-state index contributed by atoms with van der Waals surface area (Å²) >= 11 is 1.70. The first-order valence-corrected chi connectivity index (χ1v) is 9.11. The van der Waals surface area contributed by atoms with E-state index in [1.54, 1.807) is 11.3 Å². The number of ether oxygens (including phenoxy) is 1. The first-order valence-electron chi connectivity index (χ1n) is 8.29. The van der Waals surface area contributed by atoms with Crippen LogP contribution in [0.25, 0.3) is 10.2 Å². The number of rotatable bonds is 4. The zero-order valence-corrected chi connectivity index (χ0v) is 14.3. The first-order chi connectivity index (χ1) is 11.9. The number of aliphatic imine (C=N–C) groups is 1. The van der Waals surface area contributed by atoms with Crippen molar-refractivity contribution in [1.82, 2.24) is 15.2 Å². The molecule has 2 aliphatic rings. The van der Waals surface area contributed by atoms with Crippen LogP contribution in [0.15, 0.2) is 41.5 Å². The van der Waals surface area contributed by atoms with Gasteiger partial charge in [0.25, 0.3) is 0 Å². The van der Waals surface area contributed by atoms with Crippen molar-refractivity contribution in [2.24, 2.45) is 4.99 Å². The molecule has 1 fully saturated rings. The average molecular weight is 343 g/mol. The highest BCUT2D eigenvalue weighted by Crippen LogP contribution is 2.29. The van der Waals surface area contributed by atoms with E-state index in [0.717, 1.165) is 62.5 Å². The summed E-state index contributed by atoms with van der Waals surface area (Å²) in [6, 6.07) is 8.24. The number of nitrogens with one attached hydrogen (secondary N) is 1. The van der Waals surface area contributed by atoms with Crippen LogP contribution in [-0.4, -0.2) is 61.8 Å². The summed E-state index contributed by atoms with van der Waals surface area (Å²) < 4.78 is 6.59. The highest BCUT2D eigenvalue weighted by molar-refractivity contribution is 7.22. The molecule has 0 atom stereocenters. The minimum absolute atomic E-state index is 0.775. The molecule has 0 saturated carbocycles. The van der Waals surface area contributed by atoms with Crippen LogP contribution >= 0.6 is 11.3 Å². The number of hydrogen-bond donors (Lipinski definition) is 1. The van der Waals surface area contributed by atoms with Crippen LogP contribution in [0.3, 0.4) is 0 Å². The zero-order valence-electron chi connectivity index (χ0n) is 13.5. The third kappa shape index (κ3) is 3.43. The lowest BCUT2D eigenvalue weighted by Gasteiger charge is -2.27. The molecule has 0 bridgehead atoms. The van der Waals surface area contributed by atoms with Gasteiger partial charge in [-0.2, -0.15) is 0 Å². The summed E-state index contributed by atoms with van der Waals surface area (Å²) in [5, 5.41) is 4.25. The van der Waals surface area contributed by atoms with Crippen molar-refractivity contribution < 1.29 is 4.74 Å². The van der Waals surface area contributed by atoms with Crippen LogP contribution in [-0.2, 0) is 4.74 Å². The topological polar surface area (TPSA) is 53.0 Å². The Bertz CT molecular complexity index is 717. The van der Waals surface area contributed by atoms with Gasteiger partial charge in [-0.1, -0.05) is 23.5 Å². The minimum Gasteiger partial charge on any atom is -0.379 e. The summed E-state index contributed by atoms with van der Waals surface area (Å²) in [6.07, 6.45) is 4.05. The predicted molar refractivity (Wildman–Crippen MR) is 98.8 cm³/mol. The number of nitrogens with zero attached hydrogens (tertiary/aromatic N) is 4. The van der Waals surface area contributed by atoms with Gasteiger partial charge in [0.15, 0.2) is 5.13 Å². The number of hydrogen-bond acceptors (Lipinski definition) is 5. The van der Waals surface area contributed by atoms with E-state index >= 15 is 0 Å². The number of para-hydroxylation sites is 1. The molecule has 0 spiro atoms. The second-order valence-corrected chi connectivity index (χ2v) is 6.79. The molecule has 1 saturated heterocycles. The molecule has 24 heavy (non-hydrogen) atoms. The second kappa shape index (κ2) is 7.29. The van der Waals surface area contributed by atoms with Gasteiger partial charge in [0.05, 0.1) is 30.0 Å². The van der Waals surface area contributed by atoms with Gasteiger partial charge >= 0.3 is 0 Å².